The Balaban J connectivity index is 2.26. The molecule has 0 aliphatic carbocycles. The standard InChI is InChI=1S/C60H112N2O3/c1-4-7-10-13-16-19-21-23-25-27-29-31-33-35-37-39-41-44-47-52-61-59(63)56-50-51-57(58(55-56)65-54-49-46-43-18-15-12-9-6-3)60(64)62-53-48-45-42-40-38-36-34-32-30-28-26-24-22-20-17-14-11-8-5-2/h50-51,55H,4-49,52-54H2,1-3H3,(H,61,63)(H,62,64). The number of carbonyl (C=O) groups excluding carboxylic acids is 2. The van der Waals surface area contributed by atoms with Gasteiger partial charge in [-0.25, -0.2) is 0 Å². The van der Waals surface area contributed by atoms with Crippen molar-refractivity contribution in [1.82, 2.24) is 10.6 Å². The quantitative estimate of drug-likeness (QED) is 0.0640. The molecule has 0 spiro atoms. The molecular weight excluding hydrogens is 797 g/mol. The Hall–Kier alpha value is -2.04. The molecule has 5 heteroatoms. The third-order valence-corrected chi connectivity index (χ3v) is 13.9. The van der Waals surface area contributed by atoms with Gasteiger partial charge in [-0.3, -0.25) is 9.59 Å². The normalized spacial score (nSPS) is 11.4. The van der Waals surface area contributed by atoms with Crippen LogP contribution in [0, 0.1) is 0 Å². The fourth-order valence-corrected chi connectivity index (χ4v) is 9.40. The fourth-order valence-electron chi connectivity index (χ4n) is 9.40. The summed E-state index contributed by atoms with van der Waals surface area (Å²) in [6.07, 6.45) is 61.6. The van der Waals surface area contributed by atoms with Gasteiger partial charge in [0.05, 0.1) is 12.2 Å². The maximum absolute atomic E-state index is 13.4. The van der Waals surface area contributed by atoms with E-state index >= 15 is 0 Å². The number of ether oxygens (including phenoxy) is 1. The first-order valence-electron chi connectivity index (χ1n) is 29.5. The van der Waals surface area contributed by atoms with Crippen molar-refractivity contribution in [2.75, 3.05) is 19.7 Å². The second-order valence-electron chi connectivity index (χ2n) is 20.3. The number of hydrogen-bond acceptors (Lipinski definition) is 3. The van der Waals surface area contributed by atoms with Gasteiger partial charge in [-0.15, -0.1) is 0 Å². The molecule has 1 aromatic carbocycles. The number of nitrogens with one attached hydrogen (secondary N) is 2. The molecule has 0 aliphatic heterocycles. The third-order valence-electron chi connectivity index (χ3n) is 13.9. The summed E-state index contributed by atoms with van der Waals surface area (Å²) >= 11 is 0. The number of amides is 2. The highest BCUT2D eigenvalue weighted by atomic mass is 16.5. The Morgan fingerprint density at radius 2 is 0.600 bits per heavy atom. The molecule has 1 rings (SSSR count). The van der Waals surface area contributed by atoms with Crippen molar-refractivity contribution in [2.45, 2.75) is 316 Å². The van der Waals surface area contributed by atoms with Crippen LogP contribution < -0.4 is 15.4 Å². The fraction of sp³-hybridized carbons (Fsp3) is 0.867. The zero-order valence-corrected chi connectivity index (χ0v) is 44.1. The maximum Gasteiger partial charge on any atom is 0.255 e. The van der Waals surface area contributed by atoms with Crippen molar-refractivity contribution >= 4 is 11.8 Å². The molecule has 0 fully saturated rings. The molecule has 0 saturated carbocycles. The van der Waals surface area contributed by atoms with Crippen LogP contribution in [0.2, 0.25) is 0 Å². The van der Waals surface area contributed by atoms with Gasteiger partial charge in [-0.1, -0.05) is 297 Å². The number of rotatable bonds is 52. The Labute approximate surface area is 406 Å². The van der Waals surface area contributed by atoms with Gasteiger partial charge in [-0.05, 0) is 37.5 Å². The molecular formula is C60H112N2O3. The molecule has 0 atom stereocenters. The summed E-state index contributed by atoms with van der Waals surface area (Å²) in [5.74, 6) is 0.361. The predicted molar refractivity (Wildman–Crippen MR) is 286 cm³/mol. The number of carbonyl (C=O) groups is 2. The van der Waals surface area contributed by atoms with Crippen molar-refractivity contribution in [3.8, 4) is 5.75 Å². The third kappa shape index (κ3) is 40.7. The molecule has 380 valence electrons. The lowest BCUT2D eigenvalue weighted by Crippen LogP contribution is -2.26. The molecule has 0 aromatic heterocycles. The number of hydrogen-bond donors (Lipinski definition) is 2. The summed E-state index contributed by atoms with van der Waals surface area (Å²) < 4.78 is 6.25. The van der Waals surface area contributed by atoms with Crippen molar-refractivity contribution in [2.24, 2.45) is 0 Å². The molecule has 65 heavy (non-hydrogen) atoms. The van der Waals surface area contributed by atoms with Crippen LogP contribution in [0.3, 0.4) is 0 Å². The summed E-state index contributed by atoms with van der Waals surface area (Å²) in [5, 5.41) is 6.28. The van der Waals surface area contributed by atoms with Crippen LogP contribution in [0.25, 0.3) is 0 Å². The van der Waals surface area contributed by atoms with Crippen molar-refractivity contribution < 1.29 is 14.3 Å². The van der Waals surface area contributed by atoms with E-state index in [9.17, 15) is 9.59 Å². The van der Waals surface area contributed by atoms with Gasteiger partial charge >= 0.3 is 0 Å². The molecule has 0 saturated heterocycles. The van der Waals surface area contributed by atoms with Gasteiger partial charge in [0.25, 0.3) is 11.8 Å². The Kier molecular flexibility index (Phi) is 46.8. The first kappa shape index (κ1) is 61.0. The highest BCUT2D eigenvalue weighted by Gasteiger charge is 2.16. The van der Waals surface area contributed by atoms with E-state index in [2.05, 4.69) is 31.4 Å². The Morgan fingerprint density at radius 3 is 0.908 bits per heavy atom. The van der Waals surface area contributed by atoms with Crippen LogP contribution in [-0.4, -0.2) is 31.5 Å². The molecule has 0 heterocycles. The Bertz CT molecular complexity index is 1150. The summed E-state index contributed by atoms with van der Waals surface area (Å²) in [5.41, 5.74) is 1.11. The molecule has 5 nitrogen and oxygen atoms in total. The van der Waals surface area contributed by atoms with E-state index in [1.807, 2.05) is 0 Å². The minimum absolute atomic E-state index is 0.0784. The SMILES string of the molecule is CCCCCCCCCCCCCCCCCCCCCNC(=O)c1ccc(C(=O)NCCCCCCCCCCCCCCCCCCCCC)c(OCCCCCCCCCC)c1. The average Bonchev–Trinajstić information content (AvgIpc) is 3.32. The van der Waals surface area contributed by atoms with Crippen molar-refractivity contribution in [3.63, 3.8) is 0 Å². The van der Waals surface area contributed by atoms with Crippen LogP contribution in [0.4, 0.5) is 0 Å². The number of benzene rings is 1. The lowest BCUT2D eigenvalue weighted by molar-refractivity contribution is 0.0937. The molecule has 1 aromatic rings. The highest BCUT2D eigenvalue weighted by Crippen LogP contribution is 2.23. The van der Waals surface area contributed by atoms with E-state index < -0.39 is 0 Å². The maximum atomic E-state index is 13.4. The van der Waals surface area contributed by atoms with Gasteiger partial charge in [0.1, 0.15) is 5.75 Å². The van der Waals surface area contributed by atoms with Gasteiger partial charge in [0, 0.05) is 18.7 Å². The van der Waals surface area contributed by atoms with Crippen LogP contribution in [-0.2, 0) is 0 Å². The molecule has 0 bridgehead atoms. The smallest absolute Gasteiger partial charge is 0.255 e. The van der Waals surface area contributed by atoms with Crippen LogP contribution in [0.1, 0.15) is 337 Å². The van der Waals surface area contributed by atoms with Gasteiger partial charge < -0.3 is 15.4 Å². The molecule has 2 N–H and O–H groups in total. The monoisotopic (exact) mass is 909 g/mol. The first-order chi connectivity index (χ1) is 32.1. The Morgan fingerprint density at radius 1 is 0.338 bits per heavy atom. The van der Waals surface area contributed by atoms with E-state index in [0.717, 1.165) is 38.5 Å². The highest BCUT2D eigenvalue weighted by molar-refractivity contribution is 6.00. The molecule has 0 radical (unpaired) electrons. The topological polar surface area (TPSA) is 67.4 Å². The van der Waals surface area contributed by atoms with Crippen LogP contribution in [0.5, 0.6) is 5.75 Å². The summed E-state index contributed by atoms with van der Waals surface area (Å²) in [4.78, 5) is 26.6. The molecule has 0 unspecified atom stereocenters. The van der Waals surface area contributed by atoms with E-state index in [4.69, 9.17) is 4.74 Å². The van der Waals surface area contributed by atoms with E-state index in [1.54, 1.807) is 18.2 Å². The second kappa shape index (κ2) is 49.9. The number of unbranched alkanes of at least 4 members (excludes halogenated alkanes) is 43. The lowest BCUT2D eigenvalue weighted by Gasteiger charge is -2.14. The first-order valence-corrected chi connectivity index (χ1v) is 29.5. The van der Waals surface area contributed by atoms with Crippen LogP contribution >= 0.6 is 0 Å². The van der Waals surface area contributed by atoms with E-state index in [1.165, 1.54) is 257 Å². The van der Waals surface area contributed by atoms with Gasteiger partial charge in [0.15, 0.2) is 0 Å². The molecule has 0 aliphatic rings. The zero-order valence-electron chi connectivity index (χ0n) is 44.1. The largest absolute Gasteiger partial charge is 0.493 e. The van der Waals surface area contributed by atoms with E-state index in [0.29, 0.717) is 36.6 Å². The summed E-state index contributed by atoms with van der Waals surface area (Å²) in [6, 6.07) is 5.38. The predicted octanol–water partition coefficient (Wildman–Crippen LogP) is 19.5. The van der Waals surface area contributed by atoms with Crippen molar-refractivity contribution in [1.29, 1.82) is 0 Å². The molecule has 2 amide bonds. The minimum atomic E-state index is -0.0978. The van der Waals surface area contributed by atoms with E-state index in [-0.39, 0.29) is 11.8 Å². The zero-order chi connectivity index (χ0) is 46.8. The summed E-state index contributed by atoms with van der Waals surface area (Å²) in [7, 11) is 0. The van der Waals surface area contributed by atoms with Crippen LogP contribution in [0.15, 0.2) is 18.2 Å². The van der Waals surface area contributed by atoms with Gasteiger partial charge in [-0.2, -0.15) is 0 Å². The minimum Gasteiger partial charge on any atom is -0.493 e. The average molecular weight is 910 g/mol. The summed E-state index contributed by atoms with van der Waals surface area (Å²) in [6.45, 7) is 8.78. The van der Waals surface area contributed by atoms with Gasteiger partial charge in [0.2, 0.25) is 0 Å². The van der Waals surface area contributed by atoms with Crippen molar-refractivity contribution in [3.05, 3.63) is 29.3 Å². The second-order valence-corrected chi connectivity index (χ2v) is 20.3. The lowest BCUT2D eigenvalue weighted by atomic mass is 10.0.